The molecule has 0 saturated carbocycles. The summed E-state index contributed by atoms with van der Waals surface area (Å²) >= 11 is 0. The van der Waals surface area contributed by atoms with Crippen molar-refractivity contribution >= 4 is 47.1 Å². The van der Waals surface area contributed by atoms with Gasteiger partial charge < -0.3 is 43.4 Å². The van der Waals surface area contributed by atoms with Crippen molar-refractivity contribution in [1.82, 2.24) is 16.0 Å². The molecule has 16 heteroatoms. The van der Waals surface area contributed by atoms with Crippen LogP contribution in [0.2, 0.25) is 0 Å². The standard InChI is InChI=1S/C31H55N7O9/c1-7-17(5)20(30(47)38-26(16(3)4)27(32)44)13-24(41)21(14-25(42)43)36-28(45)18(6)12-23(40)22(15-39)37-29(46)19(8-2)10-9-11-35-31(33)34/h16-22,26,39H,7-15H2,1-6H3,(H2,32,44)(H,36,45)(H,37,46)(H,38,47)(H,42,43)(H4,33,34,35)/t17-,18+,19-,20-,21-,22-,26-/m0/s1. The number of rotatable bonds is 24. The Morgan fingerprint density at radius 3 is 1.79 bits per heavy atom. The van der Waals surface area contributed by atoms with Gasteiger partial charge in [0.2, 0.25) is 23.6 Å². The summed E-state index contributed by atoms with van der Waals surface area (Å²) in [6, 6.07) is -3.77. The van der Waals surface area contributed by atoms with Gasteiger partial charge in [-0.05, 0) is 31.1 Å². The first-order valence-electron chi connectivity index (χ1n) is 16.0. The van der Waals surface area contributed by atoms with Crippen LogP contribution >= 0.6 is 0 Å². The highest BCUT2D eigenvalue weighted by molar-refractivity contribution is 5.97. The number of guanidine groups is 1. The van der Waals surface area contributed by atoms with E-state index in [4.69, 9.17) is 17.2 Å². The summed E-state index contributed by atoms with van der Waals surface area (Å²) in [6.07, 6.45) is 0.291. The maximum absolute atomic E-state index is 13.3. The number of ketones is 2. The lowest BCUT2D eigenvalue weighted by atomic mass is 9.84. The molecule has 4 amide bonds. The summed E-state index contributed by atoms with van der Waals surface area (Å²) < 4.78 is 0. The molecule has 0 rings (SSSR count). The van der Waals surface area contributed by atoms with E-state index in [0.717, 1.165) is 0 Å². The second-order valence-corrected chi connectivity index (χ2v) is 12.3. The van der Waals surface area contributed by atoms with Crippen molar-refractivity contribution in [3.8, 4) is 0 Å². The van der Waals surface area contributed by atoms with Gasteiger partial charge in [0.15, 0.2) is 17.5 Å². The number of aliphatic hydroxyl groups is 1. The number of carbonyl (C=O) groups excluding carboxylic acids is 6. The van der Waals surface area contributed by atoms with Crippen LogP contribution in [0.1, 0.15) is 86.5 Å². The molecule has 268 valence electrons. The van der Waals surface area contributed by atoms with E-state index in [1.54, 1.807) is 34.6 Å². The van der Waals surface area contributed by atoms with Gasteiger partial charge in [-0.3, -0.25) is 38.6 Å². The predicted octanol–water partition coefficient (Wildman–Crippen LogP) is -0.654. The molecule has 11 N–H and O–H groups in total. The van der Waals surface area contributed by atoms with Crippen LogP contribution in [-0.4, -0.2) is 88.6 Å². The van der Waals surface area contributed by atoms with Gasteiger partial charge >= 0.3 is 5.97 Å². The van der Waals surface area contributed by atoms with E-state index in [9.17, 15) is 43.8 Å². The fourth-order valence-corrected chi connectivity index (χ4v) is 4.88. The molecule has 0 unspecified atom stereocenters. The number of carboxylic acid groups (broad SMARTS) is 1. The minimum absolute atomic E-state index is 0.0650. The van der Waals surface area contributed by atoms with Crippen LogP contribution in [0.3, 0.4) is 0 Å². The maximum Gasteiger partial charge on any atom is 0.305 e. The number of carboxylic acids is 1. The number of primary amides is 1. The molecule has 16 nitrogen and oxygen atoms in total. The Morgan fingerprint density at radius 1 is 0.745 bits per heavy atom. The molecule has 0 aromatic heterocycles. The largest absolute Gasteiger partial charge is 0.481 e. The zero-order chi connectivity index (χ0) is 36.4. The van der Waals surface area contributed by atoms with Gasteiger partial charge in [0.25, 0.3) is 0 Å². The fraction of sp³-hybridized carbons (Fsp3) is 0.742. The van der Waals surface area contributed by atoms with Crippen LogP contribution in [-0.2, 0) is 33.6 Å². The van der Waals surface area contributed by atoms with Gasteiger partial charge in [-0.15, -0.1) is 0 Å². The molecule has 0 saturated heterocycles. The molecule has 0 aromatic rings. The number of nitrogens with zero attached hydrogens (tertiary/aromatic N) is 1. The van der Waals surface area contributed by atoms with Crippen molar-refractivity contribution in [2.45, 2.75) is 105 Å². The summed E-state index contributed by atoms with van der Waals surface area (Å²) in [6.45, 7) is 9.72. The molecule has 0 heterocycles. The highest BCUT2D eigenvalue weighted by Crippen LogP contribution is 2.22. The summed E-state index contributed by atoms with van der Waals surface area (Å²) in [4.78, 5) is 92.5. The molecule has 0 aliphatic rings. The Hall–Kier alpha value is -4.08. The Labute approximate surface area is 276 Å². The Kier molecular flexibility index (Phi) is 19.8. The van der Waals surface area contributed by atoms with Crippen molar-refractivity contribution in [3.05, 3.63) is 0 Å². The number of nitrogens with one attached hydrogen (secondary N) is 3. The molecule has 0 aliphatic carbocycles. The number of aliphatic hydroxyl groups excluding tert-OH is 1. The molecule has 0 radical (unpaired) electrons. The first-order chi connectivity index (χ1) is 21.9. The number of aliphatic imine (C=N–C) groups is 1. The first-order valence-corrected chi connectivity index (χ1v) is 16.0. The Balaban J connectivity index is 5.60. The van der Waals surface area contributed by atoms with Crippen molar-refractivity contribution in [2.24, 2.45) is 51.8 Å². The average Bonchev–Trinajstić information content (AvgIpc) is 2.99. The number of amides is 4. The molecule has 0 spiro atoms. The smallest absolute Gasteiger partial charge is 0.305 e. The fourth-order valence-electron chi connectivity index (χ4n) is 4.88. The van der Waals surface area contributed by atoms with Crippen LogP contribution in [0.15, 0.2) is 4.99 Å². The summed E-state index contributed by atoms with van der Waals surface area (Å²) in [5.41, 5.74) is 16.0. The van der Waals surface area contributed by atoms with E-state index in [1.807, 2.05) is 0 Å². The van der Waals surface area contributed by atoms with E-state index < -0.39 is 103 Å². The van der Waals surface area contributed by atoms with Crippen LogP contribution in [0.4, 0.5) is 0 Å². The highest BCUT2D eigenvalue weighted by atomic mass is 16.4. The van der Waals surface area contributed by atoms with Gasteiger partial charge in [0.05, 0.1) is 19.1 Å². The zero-order valence-electron chi connectivity index (χ0n) is 28.4. The number of carbonyl (C=O) groups is 7. The Morgan fingerprint density at radius 2 is 1.32 bits per heavy atom. The minimum Gasteiger partial charge on any atom is -0.481 e. The lowest BCUT2D eigenvalue weighted by molar-refractivity contribution is -0.141. The normalized spacial score (nSPS) is 15.6. The van der Waals surface area contributed by atoms with E-state index in [0.29, 0.717) is 32.2 Å². The monoisotopic (exact) mass is 669 g/mol. The maximum atomic E-state index is 13.3. The molecular weight excluding hydrogens is 614 g/mol. The van der Waals surface area contributed by atoms with Crippen molar-refractivity contribution < 1.29 is 43.8 Å². The second-order valence-electron chi connectivity index (χ2n) is 12.3. The van der Waals surface area contributed by atoms with E-state index in [1.165, 1.54) is 6.92 Å². The Bertz CT molecular complexity index is 1120. The van der Waals surface area contributed by atoms with Gasteiger partial charge in [0, 0.05) is 37.1 Å². The predicted molar refractivity (Wildman–Crippen MR) is 174 cm³/mol. The first kappa shape index (κ1) is 42.9. The minimum atomic E-state index is -1.51. The third-order valence-electron chi connectivity index (χ3n) is 8.15. The molecule has 0 fully saturated rings. The van der Waals surface area contributed by atoms with Crippen molar-refractivity contribution in [3.63, 3.8) is 0 Å². The number of hydrogen-bond acceptors (Lipinski definition) is 9. The molecule has 7 atom stereocenters. The van der Waals surface area contributed by atoms with Gasteiger partial charge in [0.1, 0.15) is 12.1 Å². The average molecular weight is 670 g/mol. The van der Waals surface area contributed by atoms with Crippen LogP contribution in [0.5, 0.6) is 0 Å². The van der Waals surface area contributed by atoms with Gasteiger partial charge in [-0.1, -0.05) is 48.0 Å². The summed E-state index contributed by atoms with van der Waals surface area (Å²) in [5, 5.41) is 26.7. The topological polar surface area (TPSA) is 286 Å². The van der Waals surface area contributed by atoms with Gasteiger partial charge in [-0.2, -0.15) is 0 Å². The molecule has 47 heavy (non-hydrogen) atoms. The molecule has 0 aliphatic heterocycles. The van der Waals surface area contributed by atoms with Crippen molar-refractivity contribution in [2.75, 3.05) is 13.2 Å². The number of Topliss-reactive ketones (excluding diaryl/α,β-unsaturated/α-hetero) is 2. The van der Waals surface area contributed by atoms with Crippen molar-refractivity contribution in [1.29, 1.82) is 0 Å². The second kappa shape index (κ2) is 21.7. The van der Waals surface area contributed by atoms with Gasteiger partial charge in [-0.25, -0.2) is 0 Å². The van der Waals surface area contributed by atoms with E-state index in [2.05, 4.69) is 20.9 Å². The van der Waals surface area contributed by atoms with Crippen LogP contribution < -0.4 is 33.2 Å². The third-order valence-corrected chi connectivity index (χ3v) is 8.15. The lowest BCUT2D eigenvalue weighted by Gasteiger charge is -2.27. The van der Waals surface area contributed by atoms with Crippen LogP contribution in [0.25, 0.3) is 0 Å². The lowest BCUT2D eigenvalue weighted by Crippen LogP contribution is -2.51. The summed E-state index contributed by atoms with van der Waals surface area (Å²) in [7, 11) is 0. The number of hydrogen-bond donors (Lipinski definition) is 8. The molecule has 0 bridgehead atoms. The highest BCUT2D eigenvalue weighted by Gasteiger charge is 2.35. The third kappa shape index (κ3) is 15.9. The zero-order valence-corrected chi connectivity index (χ0v) is 28.4. The van der Waals surface area contributed by atoms with E-state index >= 15 is 0 Å². The number of nitrogens with two attached hydrogens (primary N) is 3. The van der Waals surface area contributed by atoms with Crippen LogP contribution in [0, 0.1) is 29.6 Å². The quantitative estimate of drug-likeness (QED) is 0.0363. The molecule has 0 aromatic carbocycles. The number of aliphatic carboxylic acids is 1. The SMILES string of the molecule is CC[C@@H](CCCN=C(N)N)C(=O)N[C@@H](CO)C(=O)C[C@@H](C)C(=O)N[C@@H](CC(=O)O)C(=O)C[C@H](C(=O)N[C@H](C(N)=O)C(C)C)[C@@H](C)CC. The summed E-state index contributed by atoms with van der Waals surface area (Å²) in [5.74, 6) is -8.51. The molecular formula is C31H55N7O9. The van der Waals surface area contributed by atoms with E-state index in [-0.39, 0.29) is 17.8 Å².